The number of oxime groups is 1. The summed E-state index contributed by atoms with van der Waals surface area (Å²) in [6.45, 7) is 3.98. The van der Waals surface area contributed by atoms with Crippen LogP contribution in [0.4, 0.5) is 13.2 Å². The lowest BCUT2D eigenvalue weighted by Gasteiger charge is -2.29. The zero-order valence-electron chi connectivity index (χ0n) is 17.2. The molecule has 0 fully saturated rings. The lowest BCUT2D eigenvalue weighted by molar-refractivity contribution is -0.275. The summed E-state index contributed by atoms with van der Waals surface area (Å²) in [5, 5.41) is 7.00. The van der Waals surface area contributed by atoms with Crippen LogP contribution in [0.1, 0.15) is 43.4 Å². The second kappa shape index (κ2) is 9.49. The van der Waals surface area contributed by atoms with E-state index in [1.165, 1.54) is 6.07 Å². The summed E-state index contributed by atoms with van der Waals surface area (Å²) in [7, 11) is 0. The summed E-state index contributed by atoms with van der Waals surface area (Å²) < 4.78 is 42.5. The number of alkyl halides is 3. The van der Waals surface area contributed by atoms with Crippen LogP contribution in [0.15, 0.2) is 41.6 Å². The highest BCUT2D eigenvalue weighted by atomic mass is 35.5. The lowest BCUT2D eigenvalue weighted by Crippen LogP contribution is -2.42. The second-order valence-corrected chi connectivity index (χ2v) is 9.25. The number of rotatable bonds is 6. The number of carbonyl (C=O) groups excluding carboxylic acids is 1. The van der Waals surface area contributed by atoms with Gasteiger partial charge in [0.25, 0.3) is 5.60 Å². The molecule has 10 heteroatoms. The first-order chi connectivity index (χ1) is 14.9. The number of nitrogens with zero attached hydrogens (tertiary/aromatic N) is 1. The van der Waals surface area contributed by atoms with Gasteiger partial charge in [0.15, 0.2) is 0 Å². The predicted octanol–water partition coefficient (Wildman–Crippen LogP) is 6.89. The van der Waals surface area contributed by atoms with Crippen LogP contribution in [0, 0.1) is 5.92 Å². The number of nitrogens with one attached hydrogen (secondary N) is 1. The van der Waals surface area contributed by atoms with E-state index >= 15 is 0 Å². The molecule has 0 aliphatic carbocycles. The Bertz CT molecular complexity index is 1040. The van der Waals surface area contributed by atoms with Gasteiger partial charge in [-0.3, -0.25) is 4.79 Å². The van der Waals surface area contributed by atoms with E-state index in [4.69, 9.17) is 39.6 Å². The fourth-order valence-electron chi connectivity index (χ4n) is 3.37. The molecule has 1 heterocycles. The summed E-state index contributed by atoms with van der Waals surface area (Å²) in [6.07, 6.45) is -5.01. The Morgan fingerprint density at radius 1 is 1.16 bits per heavy atom. The molecule has 1 atom stereocenters. The summed E-state index contributed by atoms with van der Waals surface area (Å²) in [6, 6.07) is 8.37. The van der Waals surface area contributed by atoms with Crippen LogP contribution in [0.3, 0.4) is 0 Å². The molecule has 172 valence electrons. The van der Waals surface area contributed by atoms with Crippen LogP contribution in [0.2, 0.25) is 15.1 Å². The highest BCUT2D eigenvalue weighted by Gasteiger charge is 2.62. The van der Waals surface area contributed by atoms with Crippen LogP contribution < -0.4 is 5.32 Å². The average molecular weight is 508 g/mol. The third kappa shape index (κ3) is 5.33. The van der Waals surface area contributed by atoms with Crippen molar-refractivity contribution < 1.29 is 22.8 Å². The zero-order valence-corrected chi connectivity index (χ0v) is 19.5. The molecular formula is C22H20Cl3F3N2O2. The topological polar surface area (TPSA) is 50.7 Å². The summed E-state index contributed by atoms with van der Waals surface area (Å²) in [5.74, 6) is 0.0502. The standard InChI is InChI=1S/C22H20Cl3F3N2O2/c1-12(2)5-20(31)29-11-14-6-13(3-4-18(14)25)19-10-21(32-30-19,22(26,27)28)15-7-16(23)9-17(24)8-15/h3-4,6-9,12H,5,10-11H2,1-2H3,(H,29,31). The van der Waals surface area contributed by atoms with Gasteiger partial charge in [-0.25, -0.2) is 0 Å². The first kappa shape index (κ1) is 24.7. The van der Waals surface area contributed by atoms with Gasteiger partial charge in [0, 0.05) is 40.0 Å². The molecule has 32 heavy (non-hydrogen) atoms. The molecule has 0 saturated carbocycles. The minimum absolute atomic E-state index is 0.0547. The van der Waals surface area contributed by atoms with Crippen molar-refractivity contribution in [3.8, 4) is 0 Å². The highest BCUT2D eigenvalue weighted by molar-refractivity contribution is 6.34. The van der Waals surface area contributed by atoms with Gasteiger partial charge in [0.2, 0.25) is 5.91 Å². The molecule has 2 aromatic carbocycles. The van der Waals surface area contributed by atoms with Crippen molar-refractivity contribution in [3.05, 3.63) is 68.2 Å². The molecule has 2 aromatic rings. The van der Waals surface area contributed by atoms with Gasteiger partial charge < -0.3 is 10.2 Å². The van der Waals surface area contributed by atoms with Gasteiger partial charge in [0.1, 0.15) is 0 Å². The fourth-order valence-corrected chi connectivity index (χ4v) is 4.08. The highest BCUT2D eigenvalue weighted by Crippen LogP contribution is 2.49. The normalized spacial score (nSPS) is 18.5. The smallest absolute Gasteiger partial charge is 0.374 e. The Morgan fingerprint density at radius 3 is 2.41 bits per heavy atom. The third-order valence-corrected chi connectivity index (χ3v) is 5.77. The van der Waals surface area contributed by atoms with Crippen LogP contribution in [-0.2, 0) is 21.8 Å². The maximum absolute atomic E-state index is 14.2. The minimum atomic E-state index is -4.79. The fraction of sp³-hybridized carbons (Fsp3) is 0.364. The molecule has 4 nitrogen and oxygen atoms in total. The zero-order chi connectivity index (χ0) is 23.7. The summed E-state index contributed by atoms with van der Waals surface area (Å²) in [5.41, 5.74) is -1.91. The average Bonchev–Trinajstić information content (AvgIpc) is 3.13. The molecule has 1 unspecified atom stereocenters. The van der Waals surface area contributed by atoms with Crippen molar-refractivity contribution in [1.82, 2.24) is 5.32 Å². The number of hydrogen-bond acceptors (Lipinski definition) is 3. The molecule has 0 saturated heterocycles. The van der Waals surface area contributed by atoms with Gasteiger partial charge in [-0.05, 0) is 47.4 Å². The van der Waals surface area contributed by atoms with Crippen molar-refractivity contribution in [1.29, 1.82) is 0 Å². The third-order valence-electron chi connectivity index (χ3n) is 4.96. The quantitative estimate of drug-likeness (QED) is 0.463. The number of hydrogen-bond donors (Lipinski definition) is 1. The van der Waals surface area contributed by atoms with E-state index in [0.29, 0.717) is 22.6 Å². The van der Waals surface area contributed by atoms with Crippen LogP contribution in [0.5, 0.6) is 0 Å². The second-order valence-electron chi connectivity index (χ2n) is 7.97. The van der Waals surface area contributed by atoms with E-state index in [9.17, 15) is 18.0 Å². The van der Waals surface area contributed by atoms with E-state index in [-0.39, 0.29) is 39.7 Å². The van der Waals surface area contributed by atoms with Gasteiger partial charge in [0.05, 0.1) is 5.71 Å². The van der Waals surface area contributed by atoms with Gasteiger partial charge in [-0.1, -0.05) is 59.9 Å². The number of carbonyl (C=O) groups is 1. The first-order valence-electron chi connectivity index (χ1n) is 9.75. The Balaban J connectivity index is 1.87. The SMILES string of the molecule is CC(C)CC(=O)NCc1cc(C2=NOC(c3cc(Cl)cc(Cl)c3)(C(F)(F)F)C2)ccc1Cl. The van der Waals surface area contributed by atoms with Crippen LogP contribution >= 0.6 is 34.8 Å². The van der Waals surface area contributed by atoms with E-state index in [2.05, 4.69) is 10.5 Å². The van der Waals surface area contributed by atoms with Gasteiger partial charge >= 0.3 is 6.18 Å². The van der Waals surface area contributed by atoms with Crippen molar-refractivity contribution in [2.45, 2.75) is 45.0 Å². The largest absolute Gasteiger partial charge is 0.435 e. The van der Waals surface area contributed by atoms with Crippen molar-refractivity contribution in [2.75, 3.05) is 0 Å². The number of amides is 1. The van der Waals surface area contributed by atoms with Crippen molar-refractivity contribution in [2.24, 2.45) is 11.1 Å². The Hall–Kier alpha value is -1.96. The summed E-state index contributed by atoms with van der Waals surface area (Å²) >= 11 is 18.1. The van der Waals surface area contributed by atoms with E-state index in [1.54, 1.807) is 18.2 Å². The molecule has 1 amide bonds. The first-order valence-corrected chi connectivity index (χ1v) is 10.9. The Morgan fingerprint density at radius 2 is 1.81 bits per heavy atom. The molecule has 1 aliphatic heterocycles. The lowest BCUT2D eigenvalue weighted by atomic mass is 9.86. The molecule has 0 aromatic heterocycles. The van der Waals surface area contributed by atoms with Crippen molar-refractivity contribution in [3.63, 3.8) is 0 Å². The maximum atomic E-state index is 14.2. The molecule has 3 rings (SSSR count). The van der Waals surface area contributed by atoms with E-state index in [0.717, 1.165) is 12.1 Å². The van der Waals surface area contributed by atoms with Crippen molar-refractivity contribution >= 4 is 46.4 Å². The monoisotopic (exact) mass is 506 g/mol. The van der Waals surface area contributed by atoms with E-state index < -0.39 is 18.2 Å². The molecule has 0 spiro atoms. The Labute approximate surface area is 198 Å². The van der Waals surface area contributed by atoms with Crippen LogP contribution in [0.25, 0.3) is 0 Å². The molecule has 0 bridgehead atoms. The predicted molar refractivity (Wildman–Crippen MR) is 119 cm³/mol. The Kier molecular flexibility index (Phi) is 7.32. The summed E-state index contributed by atoms with van der Waals surface area (Å²) in [4.78, 5) is 17.0. The van der Waals surface area contributed by atoms with Gasteiger partial charge in [-0.2, -0.15) is 13.2 Å². The molecule has 1 aliphatic rings. The maximum Gasteiger partial charge on any atom is 0.435 e. The number of benzene rings is 2. The minimum Gasteiger partial charge on any atom is -0.374 e. The van der Waals surface area contributed by atoms with Crippen LogP contribution in [-0.4, -0.2) is 17.8 Å². The molecule has 0 radical (unpaired) electrons. The molecule has 1 N–H and O–H groups in total. The van der Waals surface area contributed by atoms with E-state index in [1.807, 2.05) is 13.8 Å². The van der Waals surface area contributed by atoms with Gasteiger partial charge in [-0.15, -0.1) is 0 Å². The molecular weight excluding hydrogens is 488 g/mol. The number of halogens is 6.